The van der Waals surface area contributed by atoms with Crippen LogP contribution in [-0.2, 0) is 30.2 Å². The molecule has 2 saturated heterocycles. The number of nitrogens with zero attached hydrogens (tertiary/aromatic N) is 7. The number of aryl methyl sites for hydroxylation is 2. The number of anilines is 2. The predicted octanol–water partition coefficient (Wildman–Crippen LogP) is 1.90. The number of fused-ring (bicyclic) bond motifs is 1. The Bertz CT molecular complexity index is 1780. The summed E-state index contributed by atoms with van der Waals surface area (Å²) in [7, 11) is 3.07. The molecule has 0 N–H and O–H groups in total. The van der Waals surface area contributed by atoms with E-state index in [0.29, 0.717) is 60.5 Å². The molecule has 2 aromatic heterocycles. The SMILES string of the molecule is Cc1ccc(N2C(=O)CC(N3CCN(c4nc5c(c(=O)n(C)c(=O)n5C)n4Cc4ccc(Cl)cc4)CC3)C2=O)cc1. The number of hydrogen-bond acceptors (Lipinski definition) is 7. The second-order valence-corrected chi connectivity index (χ2v) is 11.1. The molecule has 0 spiro atoms. The number of imidazole rings is 1. The number of imide groups is 1. The Balaban J connectivity index is 1.29. The fourth-order valence-electron chi connectivity index (χ4n) is 5.70. The fraction of sp³-hybridized carbons (Fsp3) is 0.345. The summed E-state index contributed by atoms with van der Waals surface area (Å²) in [6, 6.07) is 14.2. The molecule has 2 fully saturated rings. The maximum absolute atomic E-state index is 13.3. The molecule has 1 unspecified atom stereocenters. The van der Waals surface area contributed by atoms with Gasteiger partial charge in [0.05, 0.1) is 24.7 Å². The van der Waals surface area contributed by atoms with Crippen molar-refractivity contribution in [2.45, 2.75) is 25.9 Å². The standard InChI is InChI=1S/C29H30ClN7O4/c1-18-4-10-21(11-5-18)37-23(38)16-22(26(37)39)34-12-14-35(15-13-34)28-31-25-24(27(40)33(3)29(41)32(25)2)36(28)17-19-6-8-20(30)9-7-19/h4-11,22H,12-17H2,1-3H3. The van der Waals surface area contributed by atoms with Crippen LogP contribution in [0.3, 0.4) is 0 Å². The van der Waals surface area contributed by atoms with Crippen molar-refractivity contribution < 1.29 is 9.59 Å². The van der Waals surface area contributed by atoms with Crippen molar-refractivity contribution in [2.75, 3.05) is 36.0 Å². The summed E-state index contributed by atoms with van der Waals surface area (Å²) in [4.78, 5) is 62.3. The Morgan fingerprint density at radius 3 is 2.20 bits per heavy atom. The third-order valence-electron chi connectivity index (χ3n) is 8.03. The van der Waals surface area contributed by atoms with E-state index in [0.717, 1.165) is 15.7 Å². The van der Waals surface area contributed by atoms with E-state index in [9.17, 15) is 19.2 Å². The van der Waals surface area contributed by atoms with E-state index >= 15 is 0 Å². The Morgan fingerprint density at radius 1 is 0.878 bits per heavy atom. The number of halogens is 1. The molecule has 4 aromatic rings. The van der Waals surface area contributed by atoms with Crippen LogP contribution in [0.4, 0.5) is 11.6 Å². The molecule has 0 aliphatic carbocycles. The van der Waals surface area contributed by atoms with E-state index in [1.165, 1.54) is 16.5 Å². The highest BCUT2D eigenvalue weighted by Crippen LogP contribution is 2.28. The molecule has 0 bridgehead atoms. The van der Waals surface area contributed by atoms with Gasteiger partial charge in [-0.25, -0.2) is 9.69 Å². The van der Waals surface area contributed by atoms with Gasteiger partial charge in [0.2, 0.25) is 11.9 Å². The lowest BCUT2D eigenvalue weighted by Crippen LogP contribution is -2.53. The Kier molecular flexibility index (Phi) is 6.79. The number of piperazine rings is 1. The summed E-state index contributed by atoms with van der Waals surface area (Å²) in [5.74, 6) is 0.164. The molecule has 1 atom stereocenters. The van der Waals surface area contributed by atoms with Crippen LogP contribution in [0.2, 0.25) is 5.02 Å². The van der Waals surface area contributed by atoms with Gasteiger partial charge in [-0.15, -0.1) is 0 Å². The smallest absolute Gasteiger partial charge is 0.332 e. The minimum Gasteiger partial charge on any atom is -0.340 e. The molecule has 0 saturated carbocycles. The maximum Gasteiger partial charge on any atom is 0.332 e. The van der Waals surface area contributed by atoms with Crippen molar-refractivity contribution in [3.05, 3.63) is 85.5 Å². The van der Waals surface area contributed by atoms with E-state index < -0.39 is 17.3 Å². The topological polar surface area (TPSA) is 106 Å². The lowest BCUT2D eigenvalue weighted by Gasteiger charge is -2.37. The van der Waals surface area contributed by atoms with Gasteiger partial charge in [0.25, 0.3) is 11.5 Å². The van der Waals surface area contributed by atoms with Gasteiger partial charge >= 0.3 is 5.69 Å². The molecule has 212 valence electrons. The van der Waals surface area contributed by atoms with Crippen LogP contribution in [0.25, 0.3) is 11.2 Å². The highest BCUT2D eigenvalue weighted by molar-refractivity contribution is 6.30. The van der Waals surface area contributed by atoms with Crippen molar-refractivity contribution in [3.63, 3.8) is 0 Å². The normalized spacial score (nSPS) is 18.2. The summed E-state index contributed by atoms with van der Waals surface area (Å²) in [5.41, 5.74) is 2.37. The first kappa shape index (κ1) is 27.0. The summed E-state index contributed by atoms with van der Waals surface area (Å²) in [5, 5.41) is 0.611. The number of carbonyl (C=O) groups excluding carboxylic acids is 2. The van der Waals surface area contributed by atoms with Crippen molar-refractivity contribution >= 4 is 46.2 Å². The number of rotatable bonds is 5. The first-order valence-corrected chi connectivity index (χ1v) is 13.8. The number of aromatic nitrogens is 4. The van der Waals surface area contributed by atoms with Gasteiger partial charge in [0.1, 0.15) is 0 Å². The lowest BCUT2D eigenvalue weighted by molar-refractivity contribution is -0.123. The summed E-state index contributed by atoms with van der Waals surface area (Å²) in [6.07, 6.45) is 0.139. The average Bonchev–Trinajstić information content (AvgIpc) is 3.49. The van der Waals surface area contributed by atoms with E-state index in [-0.39, 0.29) is 18.2 Å². The van der Waals surface area contributed by atoms with Crippen LogP contribution in [0, 0.1) is 6.92 Å². The zero-order chi connectivity index (χ0) is 29.0. The maximum atomic E-state index is 13.3. The van der Waals surface area contributed by atoms with Gasteiger partial charge in [0.15, 0.2) is 11.2 Å². The first-order valence-electron chi connectivity index (χ1n) is 13.5. The van der Waals surface area contributed by atoms with E-state index in [4.69, 9.17) is 16.6 Å². The lowest BCUT2D eigenvalue weighted by atomic mass is 10.1. The third-order valence-corrected chi connectivity index (χ3v) is 8.29. The van der Waals surface area contributed by atoms with Crippen LogP contribution in [0.5, 0.6) is 0 Å². The average molecular weight is 576 g/mol. The predicted molar refractivity (Wildman–Crippen MR) is 157 cm³/mol. The highest BCUT2D eigenvalue weighted by atomic mass is 35.5. The molecule has 2 aliphatic rings. The van der Waals surface area contributed by atoms with E-state index in [2.05, 4.69) is 4.90 Å². The van der Waals surface area contributed by atoms with Crippen LogP contribution in [0.1, 0.15) is 17.5 Å². The van der Waals surface area contributed by atoms with Gasteiger partial charge in [-0.05, 0) is 36.8 Å². The van der Waals surface area contributed by atoms with Crippen LogP contribution in [0.15, 0.2) is 58.1 Å². The monoisotopic (exact) mass is 575 g/mol. The van der Waals surface area contributed by atoms with Crippen molar-refractivity contribution in [1.29, 1.82) is 0 Å². The van der Waals surface area contributed by atoms with Crippen molar-refractivity contribution in [2.24, 2.45) is 14.1 Å². The number of carbonyl (C=O) groups is 2. The molecular weight excluding hydrogens is 546 g/mol. The van der Waals surface area contributed by atoms with Crippen molar-refractivity contribution in [3.8, 4) is 0 Å². The van der Waals surface area contributed by atoms with Crippen molar-refractivity contribution in [1.82, 2.24) is 23.6 Å². The molecule has 2 aliphatic heterocycles. The molecule has 2 aromatic carbocycles. The quantitative estimate of drug-likeness (QED) is 0.335. The summed E-state index contributed by atoms with van der Waals surface area (Å²) < 4.78 is 4.32. The Labute approximate surface area is 240 Å². The Morgan fingerprint density at radius 2 is 1.54 bits per heavy atom. The molecule has 2 amide bonds. The molecular formula is C29H30ClN7O4. The van der Waals surface area contributed by atoms with Crippen LogP contribution >= 0.6 is 11.6 Å². The van der Waals surface area contributed by atoms with E-state index in [1.807, 2.05) is 40.7 Å². The minimum atomic E-state index is -0.521. The van der Waals surface area contributed by atoms with Gasteiger partial charge in [-0.2, -0.15) is 4.98 Å². The third kappa shape index (κ3) is 4.64. The fourth-order valence-corrected chi connectivity index (χ4v) is 5.82. The largest absolute Gasteiger partial charge is 0.340 e. The molecule has 41 heavy (non-hydrogen) atoms. The second-order valence-electron chi connectivity index (χ2n) is 10.6. The van der Waals surface area contributed by atoms with Gasteiger partial charge in [0, 0.05) is 45.3 Å². The number of amides is 2. The summed E-state index contributed by atoms with van der Waals surface area (Å²) >= 11 is 6.09. The molecule has 11 nitrogen and oxygen atoms in total. The van der Waals surface area contributed by atoms with Crippen LogP contribution in [-0.4, -0.2) is 67.6 Å². The minimum absolute atomic E-state index is 0.139. The zero-order valence-electron chi connectivity index (χ0n) is 23.1. The Hall–Kier alpha value is -4.22. The second kappa shape index (κ2) is 10.3. The molecule has 0 radical (unpaired) electrons. The van der Waals surface area contributed by atoms with Gasteiger partial charge < -0.3 is 4.90 Å². The number of benzene rings is 2. The molecule has 12 heteroatoms. The molecule has 4 heterocycles. The first-order chi connectivity index (χ1) is 19.6. The summed E-state index contributed by atoms with van der Waals surface area (Å²) in [6.45, 7) is 4.44. The van der Waals surface area contributed by atoms with Gasteiger partial charge in [-0.3, -0.25) is 33.0 Å². The zero-order valence-corrected chi connectivity index (χ0v) is 23.8. The number of hydrogen-bond donors (Lipinski definition) is 0. The highest BCUT2D eigenvalue weighted by Gasteiger charge is 2.43. The van der Waals surface area contributed by atoms with Gasteiger partial charge in [-0.1, -0.05) is 41.4 Å². The molecule has 6 rings (SSSR count). The van der Waals surface area contributed by atoms with E-state index in [1.54, 1.807) is 31.3 Å². The van der Waals surface area contributed by atoms with Crippen LogP contribution < -0.4 is 21.0 Å².